The zero-order chi connectivity index (χ0) is 20.4. The number of rotatable bonds is 6. The highest BCUT2D eigenvalue weighted by molar-refractivity contribution is 9.10. The molecule has 1 aliphatic rings. The summed E-state index contributed by atoms with van der Waals surface area (Å²) in [5, 5.41) is 8.44. The van der Waals surface area contributed by atoms with Crippen molar-refractivity contribution in [2.24, 2.45) is 0 Å². The molecule has 0 saturated carbocycles. The highest BCUT2D eigenvalue weighted by atomic mass is 79.9. The van der Waals surface area contributed by atoms with Gasteiger partial charge in [0.15, 0.2) is 4.67 Å². The van der Waals surface area contributed by atoms with Crippen LogP contribution >= 0.6 is 27.7 Å². The maximum atomic E-state index is 12.7. The number of ether oxygens (including phenoxy) is 1. The summed E-state index contributed by atoms with van der Waals surface area (Å²) in [6.07, 6.45) is 0. The van der Waals surface area contributed by atoms with E-state index in [1.165, 1.54) is 17.3 Å². The second-order valence-corrected chi connectivity index (χ2v) is 8.09. The summed E-state index contributed by atoms with van der Waals surface area (Å²) in [7, 11) is 0. The quantitative estimate of drug-likeness (QED) is 0.406. The molecule has 0 aliphatic carbocycles. The molecule has 1 atom stereocenters. The number of esters is 1. The molecule has 1 aliphatic heterocycles. The van der Waals surface area contributed by atoms with Crippen molar-refractivity contribution in [1.29, 1.82) is 0 Å². The Morgan fingerprint density at radius 1 is 1.31 bits per heavy atom. The number of fused-ring (bicyclic) bond motifs is 1. The van der Waals surface area contributed by atoms with E-state index in [9.17, 15) is 4.79 Å². The van der Waals surface area contributed by atoms with E-state index in [4.69, 9.17) is 9.15 Å². The van der Waals surface area contributed by atoms with Gasteiger partial charge in [-0.1, -0.05) is 42.1 Å². The predicted octanol–water partition coefficient (Wildman–Crippen LogP) is 4.78. The fourth-order valence-electron chi connectivity index (χ4n) is 3.13. The number of hydrogen-bond donors (Lipinski definition) is 1. The molecule has 2 aromatic heterocycles. The van der Waals surface area contributed by atoms with Gasteiger partial charge in [0.25, 0.3) is 0 Å². The fraction of sp³-hybridized carbons (Fsp3) is 0.250. The van der Waals surface area contributed by atoms with Crippen LogP contribution in [0.2, 0.25) is 0 Å². The van der Waals surface area contributed by atoms with Crippen LogP contribution in [0, 0.1) is 0 Å². The minimum absolute atomic E-state index is 0.284. The maximum absolute atomic E-state index is 12.7. The molecule has 0 spiro atoms. The van der Waals surface area contributed by atoms with Gasteiger partial charge in [0.2, 0.25) is 11.1 Å². The number of thioether (sulfide) groups is 1. The van der Waals surface area contributed by atoms with E-state index < -0.39 is 12.0 Å². The van der Waals surface area contributed by atoms with Crippen LogP contribution in [-0.4, -0.2) is 27.3 Å². The molecule has 3 heterocycles. The summed E-state index contributed by atoms with van der Waals surface area (Å²) in [5.74, 6) is 1.48. The van der Waals surface area contributed by atoms with Crippen LogP contribution in [0.15, 0.2) is 68.0 Å². The molecule has 0 saturated heterocycles. The molecule has 29 heavy (non-hydrogen) atoms. The van der Waals surface area contributed by atoms with E-state index in [1.807, 2.05) is 31.2 Å². The zero-order valence-corrected chi connectivity index (χ0v) is 18.3. The number of hydrogen-bond acceptors (Lipinski definition) is 7. The van der Waals surface area contributed by atoms with E-state index in [0.29, 0.717) is 32.8 Å². The third-order valence-corrected chi connectivity index (χ3v) is 5.74. The van der Waals surface area contributed by atoms with Crippen molar-refractivity contribution in [3.63, 3.8) is 0 Å². The molecule has 1 unspecified atom stereocenters. The smallest absolute Gasteiger partial charge is 0.338 e. The lowest BCUT2D eigenvalue weighted by molar-refractivity contribution is -0.139. The maximum Gasteiger partial charge on any atom is 0.338 e. The Labute approximate surface area is 180 Å². The Morgan fingerprint density at radius 3 is 2.79 bits per heavy atom. The second kappa shape index (κ2) is 8.46. The van der Waals surface area contributed by atoms with Crippen molar-refractivity contribution in [1.82, 2.24) is 14.8 Å². The third kappa shape index (κ3) is 4.11. The van der Waals surface area contributed by atoms with Gasteiger partial charge in [-0.25, -0.2) is 9.48 Å². The number of nitrogens with zero attached hydrogens (tertiary/aromatic N) is 3. The van der Waals surface area contributed by atoms with Gasteiger partial charge in [0, 0.05) is 11.4 Å². The molecule has 3 aromatic rings. The van der Waals surface area contributed by atoms with Crippen LogP contribution in [-0.2, 0) is 15.3 Å². The van der Waals surface area contributed by atoms with Crippen molar-refractivity contribution in [2.45, 2.75) is 30.8 Å². The number of benzene rings is 1. The van der Waals surface area contributed by atoms with E-state index >= 15 is 0 Å². The monoisotopic (exact) mass is 474 g/mol. The molecule has 0 fully saturated rings. The largest absolute Gasteiger partial charge is 0.463 e. The van der Waals surface area contributed by atoms with Crippen LogP contribution in [0.4, 0.5) is 5.95 Å². The van der Waals surface area contributed by atoms with Gasteiger partial charge in [-0.05, 0) is 47.5 Å². The lowest BCUT2D eigenvalue weighted by Crippen LogP contribution is -2.29. The summed E-state index contributed by atoms with van der Waals surface area (Å²) in [6.45, 7) is 3.89. The van der Waals surface area contributed by atoms with Gasteiger partial charge in [0.1, 0.15) is 11.8 Å². The highest BCUT2D eigenvalue weighted by Crippen LogP contribution is 2.38. The fourth-order valence-corrected chi connectivity index (χ4v) is 4.23. The number of aromatic nitrogens is 3. The first kappa shape index (κ1) is 19.8. The third-order valence-electron chi connectivity index (χ3n) is 4.40. The molecule has 0 radical (unpaired) electrons. The van der Waals surface area contributed by atoms with Crippen molar-refractivity contribution < 1.29 is 13.9 Å². The van der Waals surface area contributed by atoms with Gasteiger partial charge < -0.3 is 14.5 Å². The number of allylic oxidation sites excluding steroid dienone is 1. The Balaban J connectivity index is 1.68. The Kier molecular flexibility index (Phi) is 5.77. The molecule has 1 aromatic carbocycles. The number of carbonyl (C=O) groups is 1. The van der Waals surface area contributed by atoms with Gasteiger partial charge in [-0.3, -0.25) is 0 Å². The van der Waals surface area contributed by atoms with Crippen LogP contribution in [0.3, 0.4) is 0 Å². The molecular formula is C20H19BrN4O3S. The van der Waals surface area contributed by atoms with Crippen molar-refractivity contribution in [3.05, 3.63) is 69.7 Å². The van der Waals surface area contributed by atoms with Gasteiger partial charge in [-0.15, -0.1) is 5.10 Å². The van der Waals surface area contributed by atoms with Gasteiger partial charge in [0.05, 0.1) is 12.2 Å². The van der Waals surface area contributed by atoms with E-state index in [2.05, 4.69) is 43.5 Å². The summed E-state index contributed by atoms with van der Waals surface area (Å²) >= 11 is 4.87. The van der Waals surface area contributed by atoms with Gasteiger partial charge >= 0.3 is 5.97 Å². The lowest BCUT2D eigenvalue weighted by Gasteiger charge is -2.26. The number of anilines is 1. The average molecular weight is 475 g/mol. The normalized spacial score (nSPS) is 15.8. The minimum Gasteiger partial charge on any atom is -0.463 e. The Bertz CT molecular complexity index is 1060. The zero-order valence-electron chi connectivity index (χ0n) is 15.9. The first-order valence-corrected chi connectivity index (χ1v) is 10.9. The molecule has 0 bridgehead atoms. The Morgan fingerprint density at radius 2 is 2.10 bits per heavy atom. The summed E-state index contributed by atoms with van der Waals surface area (Å²) in [6, 6.07) is 13.2. The molecule has 0 amide bonds. The van der Waals surface area contributed by atoms with Crippen LogP contribution in [0.1, 0.15) is 31.2 Å². The molecule has 7 nitrogen and oxygen atoms in total. The van der Waals surface area contributed by atoms with E-state index in [-0.39, 0.29) is 6.61 Å². The predicted molar refractivity (Wildman–Crippen MR) is 114 cm³/mol. The molecule has 150 valence electrons. The summed E-state index contributed by atoms with van der Waals surface area (Å²) in [4.78, 5) is 17.3. The van der Waals surface area contributed by atoms with Crippen molar-refractivity contribution >= 4 is 39.6 Å². The SMILES string of the molecule is CCOC(=O)C1=C(C)Nc2nc(SCc3ccccc3)nn2C1c1ccc(Br)o1. The first-order valence-electron chi connectivity index (χ1n) is 9.10. The molecule has 1 N–H and O–H groups in total. The average Bonchev–Trinajstić information content (AvgIpc) is 3.32. The summed E-state index contributed by atoms with van der Waals surface area (Å²) in [5.41, 5.74) is 2.30. The second-order valence-electron chi connectivity index (χ2n) is 6.37. The minimum atomic E-state index is -0.560. The van der Waals surface area contributed by atoms with E-state index in [0.717, 1.165) is 5.75 Å². The lowest BCUT2D eigenvalue weighted by atomic mass is 10.0. The van der Waals surface area contributed by atoms with Gasteiger partial charge in [-0.2, -0.15) is 4.98 Å². The van der Waals surface area contributed by atoms with E-state index in [1.54, 1.807) is 17.7 Å². The molecular weight excluding hydrogens is 456 g/mol. The standard InChI is InChI=1S/C20H19BrN4O3S/c1-3-27-18(26)16-12(2)22-19-23-20(29-11-13-7-5-4-6-8-13)24-25(19)17(16)14-9-10-15(21)28-14/h4-10,17H,3,11H2,1-2H3,(H,22,23,24). The molecule has 4 rings (SSSR count). The van der Waals surface area contributed by atoms with Crippen LogP contribution < -0.4 is 5.32 Å². The number of nitrogens with one attached hydrogen (secondary N) is 1. The Hall–Kier alpha value is -2.52. The van der Waals surface area contributed by atoms with Crippen molar-refractivity contribution in [2.75, 3.05) is 11.9 Å². The number of carbonyl (C=O) groups excluding carboxylic acids is 1. The molecule has 9 heteroatoms. The first-order chi connectivity index (χ1) is 14.1. The van der Waals surface area contributed by atoms with Crippen LogP contribution in [0.25, 0.3) is 0 Å². The topological polar surface area (TPSA) is 82.2 Å². The van der Waals surface area contributed by atoms with Crippen LogP contribution in [0.5, 0.6) is 0 Å². The number of furan rings is 1. The summed E-state index contributed by atoms with van der Waals surface area (Å²) < 4.78 is 13.3. The number of halogens is 1. The highest BCUT2D eigenvalue weighted by Gasteiger charge is 2.37. The van der Waals surface area contributed by atoms with Crippen molar-refractivity contribution in [3.8, 4) is 0 Å².